The Labute approximate surface area is 161 Å². The van der Waals surface area contributed by atoms with E-state index in [1.807, 2.05) is 24.3 Å². The van der Waals surface area contributed by atoms with Gasteiger partial charge in [-0.3, -0.25) is 14.5 Å². The number of carbonyl (C=O) groups is 2. The molecule has 3 rings (SSSR count). The van der Waals surface area contributed by atoms with Gasteiger partial charge >= 0.3 is 0 Å². The second kappa shape index (κ2) is 7.31. The zero-order chi connectivity index (χ0) is 17.3. The Kier molecular flexibility index (Phi) is 5.35. The molecule has 1 aliphatic rings. The van der Waals surface area contributed by atoms with Crippen molar-refractivity contribution in [3.05, 3.63) is 73.0 Å². The van der Waals surface area contributed by atoms with Crippen molar-refractivity contribution in [3.8, 4) is 0 Å². The Hall–Kier alpha value is -1.27. The van der Waals surface area contributed by atoms with Crippen molar-refractivity contribution in [3.63, 3.8) is 0 Å². The van der Waals surface area contributed by atoms with Crippen LogP contribution in [0.15, 0.2) is 51.8 Å². The van der Waals surface area contributed by atoms with Gasteiger partial charge in [-0.1, -0.05) is 57.3 Å². The smallest absolute Gasteiger partial charge is 0.268 e. The average Bonchev–Trinajstić information content (AvgIpc) is 2.78. The molecule has 0 atom stereocenters. The Morgan fingerprint density at radius 3 is 2.58 bits per heavy atom. The van der Waals surface area contributed by atoms with Crippen molar-refractivity contribution in [1.82, 2.24) is 4.90 Å². The molecule has 122 valence electrons. The van der Waals surface area contributed by atoms with Crippen LogP contribution in [0.2, 0.25) is 10.0 Å². The molecule has 0 aliphatic carbocycles. The topological polar surface area (TPSA) is 37.4 Å². The first-order chi connectivity index (χ1) is 11.4. The highest BCUT2D eigenvalue weighted by molar-refractivity contribution is 9.10. The zero-order valence-electron chi connectivity index (χ0n) is 12.1. The number of halogens is 3. The molecular formula is C17H10BrCl2NO2S. The summed E-state index contributed by atoms with van der Waals surface area (Å²) in [4.78, 5) is 26.3. The standard InChI is InChI=1S/C17H10BrCl2NO2S/c18-12-3-1-2-10(6-12)8-15-16(22)21(17(23)24-15)9-11-4-5-13(19)14(20)7-11/h1-8H,9H2/b15-8-. The molecule has 1 fully saturated rings. The Balaban J connectivity index is 1.82. The number of nitrogens with zero attached hydrogens (tertiary/aromatic N) is 1. The number of thioether (sulfide) groups is 1. The summed E-state index contributed by atoms with van der Waals surface area (Å²) in [6, 6.07) is 12.6. The molecule has 0 spiro atoms. The zero-order valence-corrected chi connectivity index (χ0v) is 16.0. The largest absolute Gasteiger partial charge is 0.293 e. The summed E-state index contributed by atoms with van der Waals surface area (Å²) < 4.78 is 0.909. The van der Waals surface area contributed by atoms with Crippen LogP contribution in [0.1, 0.15) is 11.1 Å². The molecule has 1 heterocycles. The van der Waals surface area contributed by atoms with E-state index in [0.29, 0.717) is 15.0 Å². The highest BCUT2D eigenvalue weighted by Crippen LogP contribution is 2.34. The second-order valence-corrected chi connectivity index (χ2v) is 7.79. The van der Waals surface area contributed by atoms with E-state index in [4.69, 9.17) is 23.2 Å². The minimum atomic E-state index is -0.309. The van der Waals surface area contributed by atoms with E-state index >= 15 is 0 Å². The van der Waals surface area contributed by atoms with Gasteiger partial charge in [0.05, 0.1) is 21.5 Å². The summed E-state index contributed by atoms with van der Waals surface area (Å²) in [5, 5.41) is 0.530. The molecule has 0 saturated carbocycles. The van der Waals surface area contributed by atoms with E-state index in [-0.39, 0.29) is 17.7 Å². The third-order valence-electron chi connectivity index (χ3n) is 3.34. The Morgan fingerprint density at radius 1 is 1.08 bits per heavy atom. The summed E-state index contributed by atoms with van der Waals surface area (Å²) >= 11 is 16.2. The van der Waals surface area contributed by atoms with Crippen molar-refractivity contribution < 1.29 is 9.59 Å². The van der Waals surface area contributed by atoms with Gasteiger partial charge in [-0.25, -0.2) is 0 Å². The van der Waals surface area contributed by atoms with Gasteiger partial charge in [-0.2, -0.15) is 0 Å². The SMILES string of the molecule is O=C1S/C(=C\c2cccc(Br)c2)C(=O)N1Cc1ccc(Cl)c(Cl)c1. The molecule has 3 nitrogen and oxygen atoms in total. The third kappa shape index (κ3) is 3.86. The fraction of sp³-hybridized carbons (Fsp3) is 0.0588. The summed E-state index contributed by atoms with van der Waals surface area (Å²) in [6.07, 6.45) is 1.71. The first-order valence-corrected chi connectivity index (χ1v) is 9.25. The molecule has 2 aromatic carbocycles. The quantitative estimate of drug-likeness (QED) is 0.547. The normalized spacial score (nSPS) is 16.3. The molecule has 0 unspecified atom stereocenters. The maximum absolute atomic E-state index is 12.5. The number of rotatable bonds is 3. The van der Waals surface area contributed by atoms with E-state index in [0.717, 1.165) is 27.4 Å². The van der Waals surface area contributed by atoms with Crippen LogP contribution in [-0.4, -0.2) is 16.0 Å². The molecule has 2 amide bonds. The number of benzene rings is 2. The van der Waals surface area contributed by atoms with Gasteiger partial charge in [-0.15, -0.1) is 0 Å². The lowest BCUT2D eigenvalue weighted by Gasteiger charge is -2.12. The summed E-state index contributed by atoms with van der Waals surface area (Å²) in [6.45, 7) is 0.164. The van der Waals surface area contributed by atoms with E-state index in [9.17, 15) is 9.59 Å². The molecule has 0 bridgehead atoms. The van der Waals surface area contributed by atoms with Crippen molar-refractivity contribution in [1.29, 1.82) is 0 Å². The highest BCUT2D eigenvalue weighted by Gasteiger charge is 2.35. The lowest BCUT2D eigenvalue weighted by atomic mass is 10.2. The van der Waals surface area contributed by atoms with Crippen LogP contribution < -0.4 is 0 Å². The predicted molar refractivity (Wildman–Crippen MR) is 102 cm³/mol. The molecule has 7 heteroatoms. The van der Waals surface area contributed by atoms with Crippen LogP contribution in [0.5, 0.6) is 0 Å². The number of amides is 2. The van der Waals surface area contributed by atoms with Gasteiger partial charge in [0.25, 0.3) is 11.1 Å². The molecule has 2 aromatic rings. The predicted octanol–water partition coefficient (Wildman–Crippen LogP) is 5.99. The minimum absolute atomic E-state index is 0.164. The van der Waals surface area contributed by atoms with Crippen LogP contribution in [0.3, 0.4) is 0 Å². The third-order valence-corrected chi connectivity index (χ3v) is 5.48. The minimum Gasteiger partial charge on any atom is -0.268 e. The van der Waals surface area contributed by atoms with Crippen molar-refractivity contribution in [2.45, 2.75) is 6.54 Å². The van der Waals surface area contributed by atoms with Gasteiger partial charge in [-0.05, 0) is 53.2 Å². The van der Waals surface area contributed by atoms with E-state index < -0.39 is 0 Å². The first kappa shape index (κ1) is 17.5. The van der Waals surface area contributed by atoms with Crippen LogP contribution in [0.4, 0.5) is 4.79 Å². The Bertz CT molecular complexity index is 869. The number of hydrogen-bond acceptors (Lipinski definition) is 3. The van der Waals surface area contributed by atoms with Crippen molar-refractivity contribution in [2.75, 3.05) is 0 Å². The first-order valence-electron chi connectivity index (χ1n) is 6.89. The van der Waals surface area contributed by atoms with E-state index in [2.05, 4.69) is 15.9 Å². The average molecular weight is 443 g/mol. The van der Waals surface area contributed by atoms with Crippen LogP contribution in [-0.2, 0) is 11.3 Å². The molecular weight excluding hydrogens is 433 g/mol. The monoisotopic (exact) mass is 441 g/mol. The number of carbonyl (C=O) groups excluding carboxylic acids is 2. The summed E-state index contributed by atoms with van der Waals surface area (Å²) in [5.74, 6) is -0.309. The lowest BCUT2D eigenvalue weighted by Crippen LogP contribution is -2.27. The Morgan fingerprint density at radius 2 is 1.88 bits per heavy atom. The second-order valence-electron chi connectivity index (χ2n) is 5.07. The molecule has 1 aliphatic heterocycles. The van der Waals surface area contributed by atoms with Gasteiger partial charge < -0.3 is 0 Å². The van der Waals surface area contributed by atoms with Gasteiger partial charge in [0, 0.05) is 4.47 Å². The molecule has 0 aromatic heterocycles. The van der Waals surface area contributed by atoms with Crippen LogP contribution >= 0.6 is 50.9 Å². The fourth-order valence-electron chi connectivity index (χ4n) is 2.20. The fourth-order valence-corrected chi connectivity index (χ4v) is 3.78. The summed E-state index contributed by atoms with van der Waals surface area (Å²) in [5.41, 5.74) is 1.60. The molecule has 0 radical (unpaired) electrons. The summed E-state index contributed by atoms with van der Waals surface area (Å²) in [7, 11) is 0. The maximum Gasteiger partial charge on any atom is 0.293 e. The maximum atomic E-state index is 12.5. The lowest BCUT2D eigenvalue weighted by molar-refractivity contribution is -0.123. The van der Waals surface area contributed by atoms with E-state index in [1.165, 1.54) is 4.90 Å². The van der Waals surface area contributed by atoms with Crippen molar-refractivity contribution in [2.24, 2.45) is 0 Å². The van der Waals surface area contributed by atoms with Gasteiger partial charge in [0.1, 0.15) is 0 Å². The van der Waals surface area contributed by atoms with Crippen LogP contribution in [0.25, 0.3) is 6.08 Å². The van der Waals surface area contributed by atoms with Crippen LogP contribution in [0, 0.1) is 0 Å². The molecule has 24 heavy (non-hydrogen) atoms. The number of imide groups is 1. The van der Waals surface area contributed by atoms with Gasteiger partial charge in [0.2, 0.25) is 0 Å². The van der Waals surface area contributed by atoms with Gasteiger partial charge in [0.15, 0.2) is 0 Å². The van der Waals surface area contributed by atoms with Crippen molar-refractivity contribution >= 4 is 68.1 Å². The van der Waals surface area contributed by atoms with E-state index in [1.54, 1.807) is 24.3 Å². The molecule has 1 saturated heterocycles. The highest BCUT2D eigenvalue weighted by atomic mass is 79.9. The molecule has 0 N–H and O–H groups in total. The number of hydrogen-bond donors (Lipinski definition) is 0.